The topological polar surface area (TPSA) is 58.2 Å². The van der Waals surface area contributed by atoms with Crippen LogP contribution in [0.3, 0.4) is 0 Å². The summed E-state index contributed by atoms with van der Waals surface area (Å²) in [6.45, 7) is 8.24. The van der Waals surface area contributed by atoms with Crippen LogP contribution in [0.5, 0.6) is 0 Å². The summed E-state index contributed by atoms with van der Waals surface area (Å²) in [7, 11) is 0. The van der Waals surface area contributed by atoms with Crippen molar-refractivity contribution in [1.82, 2.24) is 5.32 Å². The average Bonchev–Trinajstić information content (AvgIpc) is 3.36. The summed E-state index contributed by atoms with van der Waals surface area (Å²) in [6, 6.07) is 6.53. The monoisotopic (exact) mass is 350 g/mol. The normalized spacial score (nSPS) is 26.5. The van der Waals surface area contributed by atoms with E-state index in [1.165, 1.54) is 0 Å². The number of nitrogens with one attached hydrogen (secondary N) is 2. The molecular formula is C22H26N2O2. The van der Waals surface area contributed by atoms with Crippen molar-refractivity contribution >= 4 is 23.1 Å². The quantitative estimate of drug-likeness (QED) is 0.871. The first kappa shape index (κ1) is 17.1. The zero-order chi connectivity index (χ0) is 18.6. The van der Waals surface area contributed by atoms with Crippen LogP contribution in [0.1, 0.15) is 51.7 Å². The van der Waals surface area contributed by atoms with Crippen LogP contribution in [0.15, 0.2) is 35.9 Å². The molecule has 1 saturated carbocycles. The van der Waals surface area contributed by atoms with Crippen LogP contribution in [0.4, 0.5) is 5.69 Å². The molecule has 2 atom stereocenters. The fraction of sp³-hybridized carbons (Fsp3) is 0.455. The predicted octanol–water partition coefficient (Wildman–Crippen LogP) is 3.79. The molecule has 4 rings (SSSR count). The first-order valence-electron chi connectivity index (χ1n) is 9.48. The van der Waals surface area contributed by atoms with E-state index >= 15 is 0 Å². The van der Waals surface area contributed by atoms with Gasteiger partial charge in [-0.15, -0.1) is 0 Å². The first-order valence-corrected chi connectivity index (χ1v) is 9.48. The van der Waals surface area contributed by atoms with Crippen molar-refractivity contribution in [3.63, 3.8) is 0 Å². The lowest BCUT2D eigenvalue weighted by atomic mass is 9.78. The number of fused-ring (bicyclic) bond motifs is 1. The van der Waals surface area contributed by atoms with Crippen molar-refractivity contribution in [2.45, 2.75) is 52.0 Å². The molecule has 1 aromatic rings. The number of rotatable bonds is 3. The molecule has 2 unspecified atom stereocenters. The maximum atomic E-state index is 12.5. The van der Waals surface area contributed by atoms with Crippen LogP contribution < -0.4 is 10.6 Å². The molecule has 136 valence electrons. The van der Waals surface area contributed by atoms with E-state index in [0.717, 1.165) is 40.8 Å². The molecule has 26 heavy (non-hydrogen) atoms. The van der Waals surface area contributed by atoms with Crippen molar-refractivity contribution in [2.75, 3.05) is 5.32 Å². The maximum absolute atomic E-state index is 12.5. The Hall–Kier alpha value is -2.36. The summed E-state index contributed by atoms with van der Waals surface area (Å²) >= 11 is 0. The molecule has 4 nitrogen and oxygen atoms in total. The number of hydrogen-bond acceptors (Lipinski definition) is 2. The Morgan fingerprint density at radius 3 is 2.65 bits per heavy atom. The van der Waals surface area contributed by atoms with E-state index in [0.29, 0.717) is 12.0 Å². The lowest BCUT2D eigenvalue weighted by Crippen LogP contribution is -2.28. The fourth-order valence-corrected chi connectivity index (χ4v) is 3.81. The molecule has 2 N–H and O–H groups in total. The summed E-state index contributed by atoms with van der Waals surface area (Å²) < 4.78 is 0. The second-order valence-corrected chi connectivity index (χ2v) is 8.46. The second-order valence-electron chi connectivity index (χ2n) is 8.46. The Balaban J connectivity index is 1.69. The van der Waals surface area contributed by atoms with Crippen molar-refractivity contribution < 1.29 is 9.59 Å². The SMILES string of the molecule is CC1C=C(C(=O)NC2CC2)C=C(c2ccc3c(c2)NC(=O)C3(C)C)C1C. The van der Waals surface area contributed by atoms with E-state index in [-0.39, 0.29) is 17.7 Å². The molecule has 0 radical (unpaired) electrons. The Labute approximate surface area is 154 Å². The van der Waals surface area contributed by atoms with Gasteiger partial charge in [-0.3, -0.25) is 9.59 Å². The summed E-state index contributed by atoms with van der Waals surface area (Å²) in [5.41, 5.74) is 4.40. The van der Waals surface area contributed by atoms with Crippen molar-refractivity contribution in [2.24, 2.45) is 11.8 Å². The standard InChI is InChI=1S/C22H26N2O2/c1-12-9-15(20(25)23-16-6-7-16)10-17(13(12)2)14-5-8-18-19(11-14)24-21(26)22(18,3)4/h5,8-13,16H,6-7H2,1-4H3,(H,23,25)(H,24,26). The number of hydrogen-bond donors (Lipinski definition) is 2. The molecule has 2 amide bonds. The molecule has 1 aromatic carbocycles. The first-order chi connectivity index (χ1) is 12.3. The molecule has 2 aliphatic carbocycles. The molecular weight excluding hydrogens is 324 g/mol. The van der Waals surface area contributed by atoms with Crippen LogP contribution in [-0.2, 0) is 15.0 Å². The summed E-state index contributed by atoms with van der Waals surface area (Å²) in [5, 5.41) is 6.08. The minimum Gasteiger partial charge on any atom is -0.349 e. The maximum Gasteiger partial charge on any atom is 0.251 e. The van der Waals surface area contributed by atoms with Crippen LogP contribution in [-0.4, -0.2) is 17.9 Å². The van der Waals surface area contributed by atoms with Gasteiger partial charge in [0.25, 0.3) is 5.91 Å². The number of carbonyl (C=O) groups is 2. The molecule has 0 spiro atoms. The number of carbonyl (C=O) groups excluding carboxylic acids is 2. The zero-order valence-corrected chi connectivity index (χ0v) is 15.8. The van der Waals surface area contributed by atoms with E-state index < -0.39 is 5.41 Å². The Kier molecular flexibility index (Phi) is 3.83. The molecule has 0 aromatic heterocycles. The molecule has 3 aliphatic rings. The zero-order valence-electron chi connectivity index (χ0n) is 15.8. The Morgan fingerprint density at radius 1 is 1.23 bits per heavy atom. The van der Waals surface area contributed by atoms with Crippen molar-refractivity contribution in [3.8, 4) is 0 Å². The van der Waals surface area contributed by atoms with Gasteiger partial charge in [-0.05, 0) is 67.4 Å². The van der Waals surface area contributed by atoms with Crippen LogP contribution in [0.25, 0.3) is 5.57 Å². The van der Waals surface area contributed by atoms with Gasteiger partial charge in [0, 0.05) is 17.3 Å². The molecule has 4 heteroatoms. The third-order valence-corrected chi connectivity index (χ3v) is 6.05. The van der Waals surface area contributed by atoms with Crippen molar-refractivity contribution in [1.29, 1.82) is 0 Å². The summed E-state index contributed by atoms with van der Waals surface area (Å²) in [4.78, 5) is 24.7. The number of allylic oxidation sites excluding steroid dienone is 2. The van der Waals surface area contributed by atoms with E-state index in [9.17, 15) is 9.59 Å². The van der Waals surface area contributed by atoms with Crippen LogP contribution >= 0.6 is 0 Å². The lowest BCUT2D eigenvalue weighted by Gasteiger charge is -2.27. The summed E-state index contributed by atoms with van der Waals surface area (Å²) in [6.07, 6.45) is 6.26. The third kappa shape index (κ3) is 2.77. The highest BCUT2D eigenvalue weighted by Gasteiger charge is 2.38. The Morgan fingerprint density at radius 2 is 1.96 bits per heavy atom. The largest absolute Gasteiger partial charge is 0.349 e. The minimum atomic E-state index is -0.497. The van der Waals surface area contributed by atoms with Gasteiger partial charge in [0.05, 0.1) is 5.41 Å². The van der Waals surface area contributed by atoms with Gasteiger partial charge in [-0.2, -0.15) is 0 Å². The molecule has 1 heterocycles. The van der Waals surface area contributed by atoms with E-state index in [1.807, 2.05) is 26.0 Å². The van der Waals surface area contributed by atoms with E-state index in [4.69, 9.17) is 0 Å². The van der Waals surface area contributed by atoms with Crippen molar-refractivity contribution in [3.05, 3.63) is 47.1 Å². The van der Waals surface area contributed by atoms with Gasteiger partial charge < -0.3 is 10.6 Å². The highest BCUT2D eigenvalue weighted by Crippen LogP contribution is 2.41. The minimum absolute atomic E-state index is 0.0272. The number of anilines is 1. The van der Waals surface area contributed by atoms with Gasteiger partial charge in [-0.25, -0.2) is 0 Å². The fourth-order valence-electron chi connectivity index (χ4n) is 3.81. The second kappa shape index (κ2) is 5.83. The number of benzene rings is 1. The highest BCUT2D eigenvalue weighted by molar-refractivity contribution is 6.06. The predicted molar refractivity (Wildman–Crippen MR) is 104 cm³/mol. The average molecular weight is 350 g/mol. The Bertz CT molecular complexity index is 859. The van der Waals surface area contributed by atoms with Gasteiger partial charge in [0.1, 0.15) is 0 Å². The third-order valence-electron chi connectivity index (χ3n) is 6.05. The van der Waals surface area contributed by atoms with Gasteiger partial charge in [0.2, 0.25) is 5.91 Å². The number of amides is 2. The van der Waals surface area contributed by atoms with Crippen LogP contribution in [0.2, 0.25) is 0 Å². The summed E-state index contributed by atoms with van der Waals surface area (Å²) in [5.74, 6) is 0.664. The van der Waals surface area contributed by atoms with Gasteiger partial charge in [0.15, 0.2) is 0 Å². The molecule has 1 fully saturated rings. The molecule has 0 bridgehead atoms. The highest BCUT2D eigenvalue weighted by atomic mass is 16.2. The van der Waals surface area contributed by atoms with E-state index in [1.54, 1.807) is 0 Å². The lowest BCUT2D eigenvalue weighted by molar-refractivity contribution is -0.120. The van der Waals surface area contributed by atoms with Gasteiger partial charge in [-0.1, -0.05) is 32.1 Å². The van der Waals surface area contributed by atoms with Crippen LogP contribution in [0, 0.1) is 11.8 Å². The van der Waals surface area contributed by atoms with Gasteiger partial charge >= 0.3 is 0 Å². The molecule has 1 aliphatic heterocycles. The molecule has 0 saturated heterocycles. The smallest absolute Gasteiger partial charge is 0.251 e. The van der Waals surface area contributed by atoms with E-state index in [2.05, 4.69) is 42.7 Å².